The summed E-state index contributed by atoms with van der Waals surface area (Å²) in [4.78, 5) is 12.1. The van der Waals surface area contributed by atoms with Crippen LogP contribution in [0.3, 0.4) is 0 Å². The highest BCUT2D eigenvalue weighted by molar-refractivity contribution is 7.00. The van der Waals surface area contributed by atoms with Crippen molar-refractivity contribution in [2.24, 2.45) is 0 Å². The quantitative estimate of drug-likeness (QED) is 0.749. The Hall–Kier alpha value is -2.32. The van der Waals surface area contributed by atoms with Crippen molar-refractivity contribution in [2.45, 2.75) is 0 Å². The number of nitrogens with zero attached hydrogens (tertiary/aromatic N) is 4. The first-order valence-corrected chi connectivity index (χ1v) is 6.57. The number of hydrogen-bond donors (Lipinski definition) is 2. The first-order valence-electron chi connectivity index (χ1n) is 5.46. The van der Waals surface area contributed by atoms with Crippen LogP contribution in [-0.4, -0.2) is 24.9 Å². The molecule has 0 saturated heterocycles. The van der Waals surface area contributed by atoms with Crippen LogP contribution in [-0.2, 0) is 0 Å². The van der Waals surface area contributed by atoms with Crippen LogP contribution in [0, 0.1) is 0 Å². The lowest BCUT2D eigenvalue weighted by Gasteiger charge is -2.06. The zero-order valence-corrected chi connectivity index (χ0v) is 11.4. The summed E-state index contributed by atoms with van der Waals surface area (Å²) in [5.74, 6) is -0.203. The number of fused-ring (bicyclic) bond motifs is 1. The Labute approximate surface area is 122 Å². The molecule has 7 nitrogen and oxygen atoms in total. The third-order valence-electron chi connectivity index (χ3n) is 2.53. The number of halogens is 1. The van der Waals surface area contributed by atoms with Gasteiger partial charge < -0.3 is 11.1 Å². The second kappa shape index (κ2) is 4.99. The first kappa shape index (κ1) is 12.7. The van der Waals surface area contributed by atoms with Crippen LogP contribution in [0.4, 0.5) is 11.5 Å². The van der Waals surface area contributed by atoms with Crippen molar-refractivity contribution in [1.29, 1.82) is 0 Å². The number of aromatic nitrogens is 4. The topological polar surface area (TPSA) is 107 Å². The van der Waals surface area contributed by atoms with Gasteiger partial charge in [-0.25, -0.2) is 0 Å². The number of carbonyl (C=O) groups excluding carboxylic acids is 1. The molecule has 0 radical (unpaired) electrons. The van der Waals surface area contributed by atoms with E-state index in [4.69, 9.17) is 17.3 Å². The van der Waals surface area contributed by atoms with Gasteiger partial charge in [-0.15, -0.1) is 10.2 Å². The molecule has 0 bridgehead atoms. The number of nitrogen functional groups attached to an aromatic ring is 1. The second-order valence-corrected chi connectivity index (χ2v) is 4.79. The van der Waals surface area contributed by atoms with E-state index in [2.05, 4.69) is 24.3 Å². The third-order valence-corrected chi connectivity index (χ3v) is 3.39. The van der Waals surface area contributed by atoms with E-state index in [0.717, 1.165) is 11.7 Å². The van der Waals surface area contributed by atoms with Gasteiger partial charge >= 0.3 is 0 Å². The fourth-order valence-corrected chi connectivity index (χ4v) is 2.33. The average molecular weight is 307 g/mol. The lowest BCUT2D eigenvalue weighted by atomic mass is 10.2. The average Bonchev–Trinajstić information content (AvgIpc) is 2.91. The highest BCUT2D eigenvalue weighted by Gasteiger charge is 2.15. The molecule has 2 heterocycles. The Bertz CT molecular complexity index is 787. The van der Waals surface area contributed by atoms with Crippen molar-refractivity contribution in [3.8, 4) is 0 Å². The molecule has 1 amide bonds. The maximum atomic E-state index is 12.1. The van der Waals surface area contributed by atoms with E-state index in [9.17, 15) is 4.79 Å². The lowest BCUT2D eigenvalue weighted by Crippen LogP contribution is -2.15. The number of nitrogens with two attached hydrogens (primary N) is 1. The third kappa shape index (κ3) is 2.26. The minimum atomic E-state index is -0.445. The van der Waals surface area contributed by atoms with Gasteiger partial charge in [0.2, 0.25) is 0 Å². The summed E-state index contributed by atoms with van der Waals surface area (Å²) in [5, 5.41) is 10.4. The van der Waals surface area contributed by atoms with Crippen molar-refractivity contribution >= 4 is 51.8 Å². The summed E-state index contributed by atoms with van der Waals surface area (Å²) in [5.41, 5.74) is 7.17. The SMILES string of the molecule is Nc1ccc(C(=O)Nc2c(Cl)ccc3nsnc23)nn1. The van der Waals surface area contributed by atoms with Gasteiger partial charge in [-0.2, -0.15) is 8.75 Å². The summed E-state index contributed by atoms with van der Waals surface area (Å²) in [6.45, 7) is 0. The summed E-state index contributed by atoms with van der Waals surface area (Å²) >= 11 is 7.13. The highest BCUT2D eigenvalue weighted by Crippen LogP contribution is 2.30. The molecule has 0 fully saturated rings. The van der Waals surface area contributed by atoms with Crippen molar-refractivity contribution in [1.82, 2.24) is 18.9 Å². The molecule has 0 saturated carbocycles. The number of hydrogen-bond acceptors (Lipinski definition) is 7. The summed E-state index contributed by atoms with van der Waals surface area (Å²) < 4.78 is 8.20. The van der Waals surface area contributed by atoms with Crippen molar-refractivity contribution < 1.29 is 4.79 Å². The monoisotopic (exact) mass is 306 g/mol. The van der Waals surface area contributed by atoms with Crippen LogP contribution in [0.2, 0.25) is 5.02 Å². The van der Waals surface area contributed by atoms with Crippen molar-refractivity contribution in [3.63, 3.8) is 0 Å². The number of benzene rings is 1. The molecule has 1 aromatic carbocycles. The number of nitrogens with one attached hydrogen (secondary N) is 1. The van der Waals surface area contributed by atoms with Crippen LogP contribution >= 0.6 is 23.3 Å². The zero-order chi connectivity index (χ0) is 14.1. The summed E-state index contributed by atoms with van der Waals surface area (Å²) in [6.07, 6.45) is 0. The molecule has 100 valence electrons. The Kier molecular flexibility index (Phi) is 3.17. The van der Waals surface area contributed by atoms with Crippen LogP contribution in [0.1, 0.15) is 10.5 Å². The molecule has 0 unspecified atom stereocenters. The molecule has 3 N–H and O–H groups in total. The van der Waals surface area contributed by atoms with Gasteiger partial charge in [0.15, 0.2) is 5.69 Å². The molecule has 0 aliphatic rings. The Morgan fingerprint density at radius 1 is 1.20 bits per heavy atom. The molecule has 0 aliphatic heterocycles. The molecule has 0 atom stereocenters. The predicted molar refractivity (Wildman–Crippen MR) is 76.8 cm³/mol. The van der Waals surface area contributed by atoms with Gasteiger partial charge in [0.05, 0.1) is 22.4 Å². The summed E-state index contributed by atoms with van der Waals surface area (Å²) in [6, 6.07) is 6.36. The van der Waals surface area contributed by atoms with Gasteiger partial charge in [0.25, 0.3) is 5.91 Å². The van der Waals surface area contributed by atoms with Crippen molar-refractivity contribution in [3.05, 3.63) is 35.0 Å². The molecule has 0 spiro atoms. The van der Waals surface area contributed by atoms with Gasteiger partial charge in [-0.3, -0.25) is 4.79 Å². The number of carbonyl (C=O) groups is 1. The fraction of sp³-hybridized carbons (Fsp3) is 0. The minimum absolute atomic E-state index is 0.135. The Morgan fingerprint density at radius 3 is 2.80 bits per heavy atom. The maximum absolute atomic E-state index is 12.1. The number of anilines is 2. The van der Waals surface area contributed by atoms with E-state index in [-0.39, 0.29) is 11.5 Å². The second-order valence-electron chi connectivity index (χ2n) is 3.85. The van der Waals surface area contributed by atoms with Crippen LogP contribution in [0.15, 0.2) is 24.3 Å². The Balaban J connectivity index is 1.96. The predicted octanol–water partition coefficient (Wildman–Crippen LogP) is 1.97. The number of amides is 1. The highest BCUT2D eigenvalue weighted by atomic mass is 35.5. The normalized spacial score (nSPS) is 10.7. The number of rotatable bonds is 2. The molecule has 3 aromatic rings. The van der Waals surface area contributed by atoms with Gasteiger partial charge in [-0.1, -0.05) is 11.6 Å². The summed E-state index contributed by atoms with van der Waals surface area (Å²) in [7, 11) is 0. The molecule has 9 heteroatoms. The van der Waals surface area contributed by atoms with E-state index < -0.39 is 5.91 Å². The van der Waals surface area contributed by atoms with E-state index in [1.165, 1.54) is 12.1 Å². The first-order chi connectivity index (χ1) is 9.65. The maximum Gasteiger partial charge on any atom is 0.276 e. The van der Waals surface area contributed by atoms with Gasteiger partial charge in [-0.05, 0) is 24.3 Å². The zero-order valence-electron chi connectivity index (χ0n) is 9.87. The van der Waals surface area contributed by atoms with E-state index >= 15 is 0 Å². The van der Waals surface area contributed by atoms with Crippen LogP contribution < -0.4 is 11.1 Å². The van der Waals surface area contributed by atoms with E-state index in [1.54, 1.807) is 12.1 Å². The fourth-order valence-electron chi connectivity index (χ4n) is 1.59. The molecule has 2 aromatic heterocycles. The Morgan fingerprint density at radius 2 is 2.05 bits per heavy atom. The minimum Gasteiger partial charge on any atom is -0.382 e. The lowest BCUT2D eigenvalue weighted by molar-refractivity contribution is 0.102. The van der Waals surface area contributed by atoms with Crippen molar-refractivity contribution in [2.75, 3.05) is 11.1 Å². The van der Waals surface area contributed by atoms with E-state index in [1.807, 2.05) is 0 Å². The standard InChI is InChI=1S/C11H7ClN6OS/c12-5-1-2-6-10(18-20-17-6)9(5)14-11(19)7-3-4-8(13)16-15-7/h1-4H,(H2,13,16)(H,14,19). The molecular formula is C11H7ClN6OS. The molecule has 3 rings (SSSR count). The van der Waals surface area contributed by atoms with Gasteiger partial charge in [0, 0.05) is 0 Å². The van der Waals surface area contributed by atoms with Crippen LogP contribution in [0.5, 0.6) is 0 Å². The largest absolute Gasteiger partial charge is 0.382 e. The smallest absolute Gasteiger partial charge is 0.276 e. The molecule has 20 heavy (non-hydrogen) atoms. The van der Waals surface area contributed by atoms with Gasteiger partial charge in [0.1, 0.15) is 16.9 Å². The van der Waals surface area contributed by atoms with E-state index in [0.29, 0.717) is 21.7 Å². The molecular weight excluding hydrogens is 300 g/mol. The van der Waals surface area contributed by atoms with Crippen LogP contribution in [0.25, 0.3) is 11.0 Å². The molecule has 0 aliphatic carbocycles.